The Morgan fingerprint density at radius 1 is 0.903 bits per heavy atom. The van der Waals surface area contributed by atoms with E-state index >= 15 is 0 Å². The van der Waals surface area contributed by atoms with E-state index in [1.54, 1.807) is 0 Å². The molecule has 0 unspecified atom stereocenters. The number of amides is 2. The van der Waals surface area contributed by atoms with E-state index in [2.05, 4.69) is 10.6 Å². The third-order valence-corrected chi connectivity index (χ3v) is 4.43. The molecule has 0 saturated carbocycles. The van der Waals surface area contributed by atoms with Gasteiger partial charge in [0.15, 0.2) is 18.5 Å². The molecule has 0 bridgehead atoms. The number of hydrogen-bond acceptors (Lipinski definition) is 8. The summed E-state index contributed by atoms with van der Waals surface area (Å²) in [6.45, 7) is 5.15. The lowest BCUT2D eigenvalue weighted by molar-refractivity contribution is -0.273. The first kappa shape index (κ1) is 24.3. The Morgan fingerprint density at radius 3 is 2.06 bits per heavy atom. The molecule has 2 N–H and O–H groups in total. The maximum Gasteiger partial charge on any atom is 0.303 e. The van der Waals surface area contributed by atoms with Crippen molar-refractivity contribution in [3.63, 3.8) is 0 Å². The first-order chi connectivity index (χ1) is 14.7. The lowest BCUT2D eigenvalue weighted by Crippen LogP contribution is -2.67. The van der Waals surface area contributed by atoms with E-state index < -0.39 is 48.5 Å². The van der Waals surface area contributed by atoms with Crippen LogP contribution in [0.3, 0.4) is 0 Å². The van der Waals surface area contributed by atoms with Crippen molar-refractivity contribution < 1.29 is 38.1 Å². The van der Waals surface area contributed by atoms with Crippen molar-refractivity contribution >= 4 is 23.8 Å². The van der Waals surface area contributed by atoms with E-state index in [0.29, 0.717) is 0 Å². The van der Waals surface area contributed by atoms with Crippen LogP contribution >= 0.6 is 0 Å². The largest absolute Gasteiger partial charge is 0.456 e. The molecule has 5 atom stereocenters. The van der Waals surface area contributed by atoms with Gasteiger partial charge in [0.2, 0.25) is 11.8 Å². The summed E-state index contributed by atoms with van der Waals surface area (Å²) in [5.41, 5.74) is 0.859. The van der Waals surface area contributed by atoms with Gasteiger partial charge in [-0.3, -0.25) is 19.2 Å². The van der Waals surface area contributed by atoms with Gasteiger partial charge in [-0.05, 0) is 5.56 Å². The lowest BCUT2D eigenvalue weighted by Gasteiger charge is -2.45. The number of benzene rings is 1. The van der Waals surface area contributed by atoms with Crippen molar-refractivity contribution in [1.82, 2.24) is 10.6 Å². The van der Waals surface area contributed by atoms with E-state index in [1.807, 2.05) is 30.3 Å². The quantitative estimate of drug-likeness (QED) is 0.562. The molecule has 0 spiro atoms. The topological polar surface area (TPSA) is 129 Å². The molecule has 0 radical (unpaired) electrons. The Kier molecular flexibility index (Phi) is 8.95. The van der Waals surface area contributed by atoms with Gasteiger partial charge in [0.25, 0.3) is 0 Å². The van der Waals surface area contributed by atoms with E-state index in [-0.39, 0.29) is 19.1 Å². The molecule has 2 rings (SSSR count). The highest BCUT2D eigenvalue weighted by Gasteiger charge is 2.50. The van der Waals surface area contributed by atoms with Crippen LogP contribution in [0, 0.1) is 0 Å². The molecule has 10 nitrogen and oxygen atoms in total. The van der Waals surface area contributed by atoms with Gasteiger partial charge in [-0.25, -0.2) is 0 Å². The molecule has 1 fully saturated rings. The zero-order valence-corrected chi connectivity index (χ0v) is 18.0. The van der Waals surface area contributed by atoms with Gasteiger partial charge in [-0.2, -0.15) is 0 Å². The lowest BCUT2D eigenvalue weighted by atomic mass is 9.95. The highest BCUT2D eigenvalue weighted by atomic mass is 16.7. The Morgan fingerprint density at radius 2 is 1.52 bits per heavy atom. The fourth-order valence-electron chi connectivity index (χ4n) is 3.26. The number of ether oxygens (including phenoxy) is 4. The van der Waals surface area contributed by atoms with Crippen LogP contribution in [-0.4, -0.2) is 60.9 Å². The first-order valence-electron chi connectivity index (χ1n) is 9.84. The van der Waals surface area contributed by atoms with E-state index in [4.69, 9.17) is 18.9 Å². The second-order valence-corrected chi connectivity index (χ2v) is 7.15. The van der Waals surface area contributed by atoms with Gasteiger partial charge in [-0.15, -0.1) is 0 Å². The number of esters is 2. The van der Waals surface area contributed by atoms with Crippen LogP contribution in [0.2, 0.25) is 0 Å². The maximum absolute atomic E-state index is 11.9. The summed E-state index contributed by atoms with van der Waals surface area (Å²) >= 11 is 0. The van der Waals surface area contributed by atoms with Gasteiger partial charge in [0.1, 0.15) is 12.1 Å². The van der Waals surface area contributed by atoms with E-state index in [1.165, 1.54) is 27.7 Å². The predicted octanol–water partition coefficient (Wildman–Crippen LogP) is 0.432. The fraction of sp³-hybridized carbons (Fsp3) is 0.524. The normalized spacial score (nSPS) is 25.2. The number of hydrogen-bond donors (Lipinski definition) is 2. The Hall–Kier alpha value is -2.98. The van der Waals surface area contributed by atoms with Crippen molar-refractivity contribution in [2.45, 2.75) is 64.9 Å². The van der Waals surface area contributed by atoms with Crippen molar-refractivity contribution in [2.75, 3.05) is 6.54 Å². The van der Waals surface area contributed by atoms with Crippen molar-refractivity contribution in [3.8, 4) is 0 Å². The van der Waals surface area contributed by atoms with Crippen molar-refractivity contribution in [2.24, 2.45) is 0 Å². The Labute approximate surface area is 180 Å². The third kappa shape index (κ3) is 7.65. The molecule has 1 aromatic carbocycles. The summed E-state index contributed by atoms with van der Waals surface area (Å²) in [5, 5.41) is 5.27. The molecule has 1 saturated heterocycles. The number of carbonyl (C=O) groups is 4. The average molecular weight is 436 g/mol. The molecular formula is C21H28N2O8. The molecule has 1 aromatic rings. The minimum absolute atomic E-state index is 0.0248. The van der Waals surface area contributed by atoms with E-state index in [0.717, 1.165) is 5.56 Å². The molecule has 1 aliphatic heterocycles. The number of nitrogens with one attached hydrogen (secondary N) is 2. The molecule has 31 heavy (non-hydrogen) atoms. The average Bonchev–Trinajstić information content (AvgIpc) is 2.68. The molecule has 1 heterocycles. The van der Waals surface area contributed by atoms with E-state index in [9.17, 15) is 19.2 Å². The van der Waals surface area contributed by atoms with Gasteiger partial charge < -0.3 is 29.6 Å². The molecule has 0 aromatic heterocycles. The monoisotopic (exact) mass is 436 g/mol. The predicted molar refractivity (Wildman–Crippen MR) is 107 cm³/mol. The first-order valence-corrected chi connectivity index (χ1v) is 9.84. The van der Waals surface area contributed by atoms with Crippen LogP contribution in [0.4, 0.5) is 0 Å². The molecular weight excluding hydrogens is 408 g/mol. The molecule has 1 aliphatic rings. The zero-order chi connectivity index (χ0) is 23.0. The van der Waals surface area contributed by atoms with Gasteiger partial charge in [-0.1, -0.05) is 30.3 Å². The summed E-state index contributed by atoms with van der Waals surface area (Å²) < 4.78 is 22.7. The standard InChI is InChI=1S/C21H28N2O8/c1-12(24)22-10-17-19(29-14(3)26)20(30-15(4)27)18(23-13(2)25)21(31-17)28-11-16-8-6-5-7-9-16/h5-9,17-21H,10-11H2,1-4H3,(H,22,24)(H,23,25)/t17-,18-,19-,20-,21+/m1/s1. The number of carbonyl (C=O) groups excluding carboxylic acids is 4. The summed E-state index contributed by atoms with van der Waals surface area (Å²) in [6, 6.07) is 8.33. The minimum atomic E-state index is -1.10. The fourth-order valence-corrected chi connectivity index (χ4v) is 3.26. The summed E-state index contributed by atoms with van der Waals surface area (Å²) in [7, 11) is 0. The van der Waals surface area contributed by atoms with Crippen molar-refractivity contribution in [1.29, 1.82) is 0 Å². The highest BCUT2D eigenvalue weighted by Crippen LogP contribution is 2.28. The zero-order valence-electron chi connectivity index (χ0n) is 18.0. The second-order valence-electron chi connectivity index (χ2n) is 7.15. The Bertz CT molecular complexity index is 785. The molecule has 170 valence electrons. The maximum atomic E-state index is 11.9. The van der Waals surface area contributed by atoms with Crippen LogP contribution in [0.1, 0.15) is 33.3 Å². The highest BCUT2D eigenvalue weighted by molar-refractivity contribution is 5.74. The van der Waals surface area contributed by atoms with Crippen LogP contribution in [0.5, 0.6) is 0 Å². The molecule has 10 heteroatoms. The second kappa shape index (κ2) is 11.4. The summed E-state index contributed by atoms with van der Waals surface area (Å²) in [6.07, 6.45) is -4.11. The molecule has 2 amide bonds. The SMILES string of the molecule is CC(=O)NC[C@H]1O[C@H](OCc2ccccc2)[C@H](NC(C)=O)[C@@H](OC(C)=O)[C@@H]1OC(C)=O. The molecule has 0 aliphatic carbocycles. The van der Waals surface area contributed by atoms with Crippen LogP contribution in [0.15, 0.2) is 30.3 Å². The third-order valence-electron chi connectivity index (χ3n) is 4.43. The Balaban J connectivity index is 2.35. The number of rotatable bonds is 8. The van der Waals surface area contributed by atoms with Gasteiger partial charge >= 0.3 is 11.9 Å². The smallest absolute Gasteiger partial charge is 0.303 e. The van der Waals surface area contributed by atoms with Gasteiger partial charge in [0, 0.05) is 34.2 Å². The van der Waals surface area contributed by atoms with Gasteiger partial charge in [0.05, 0.1) is 6.61 Å². The summed E-state index contributed by atoms with van der Waals surface area (Å²) in [5.74, 6) is -2.01. The minimum Gasteiger partial charge on any atom is -0.456 e. The van der Waals surface area contributed by atoms with Crippen LogP contribution in [0.25, 0.3) is 0 Å². The van der Waals surface area contributed by atoms with Crippen LogP contribution < -0.4 is 10.6 Å². The van der Waals surface area contributed by atoms with Crippen LogP contribution in [-0.2, 0) is 44.7 Å². The van der Waals surface area contributed by atoms with Crippen molar-refractivity contribution in [3.05, 3.63) is 35.9 Å². The summed E-state index contributed by atoms with van der Waals surface area (Å²) in [4.78, 5) is 46.8.